The lowest BCUT2D eigenvalue weighted by Crippen LogP contribution is -2.56. The van der Waals surface area contributed by atoms with Crippen molar-refractivity contribution in [2.45, 2.75) is 103 Å². The Morgan fingerprint density at radius 1 is 1.10 bits per heavy atom. The van der Waals surface area contributed by atoms with Crippen LogP contribution in [0.25, 0.3) is 0 Å². The normalized spacial score (nSPS) is 24.5. The van der Waals surface area contributed by atoms with Crippen molar-refractivity contribution in [1.82, 2.24) is 10.2 Å². The van der Waals surface area contributed by atoms with Gasteiger partial charge in [-0.1, -0.05) is 36.8 Å². The smallest absolute Gasteiger partial charge is 0.317 e. The number of carbonyl (C=O) groups excluding carboxylic acids is 2. The number of nitrogens with zero attached hydrogens (tertiary/aromatic N) is 1. The number of aliphatic hydroxyl groups excluding tert-OH is 1. The van der Waals surface area contributed by atoms with E-state index in [1.807, 2.05) is 37.4 Å². The van der Waals surface area contributed by atoms with Gasteiger partial charge in [-0.3, -0.25) is 4.79 Å². The topological polar surface area (TPSA) is 99.1 Å². The van der Waals surface area contributed by atoms with Crippen LogP contribution in [0.1, 0.15) is 104 Å². The minimum Gasteiger partial charge on any atom is -0.497 e. The average molecular weight is 673 g/mol. The van der Waals surface area contributed by atoms with E-state index in [-0.39, 0.29) is 30.3 Å². The maximum Gasteiger partial charge on any atom is 0.317 e. The Labute approximate surface area is 290 Å². The molecule has 0 spiro atoms. The van der Waals surface area contributed by atoms with E-state index < -0.39 is 17.1 Å². The van der Waals surface area contributed by atoms with E-state index in [1.165, 1.54) is 10.5 Å². The molecule has 2 bridgehead atoms. The first-order valence-electron chi connectivity index (χ1n) is 17.4. The monoisotopic (exact) mass is 672 g/mol. The number of ether oxygens (including phenoxy) is 1. The lowest BCUT2D eigenvalue weighted by molar-refractivity contribution is -0.0769. The fourth-order valence-corrected chi connectivity index (χ4v) is 8.40. The summed E-state index contributed by atoms with van der Waals surface area (Å²) in [5.74, 6) is 0.473. The summed E-state index contributed by atoms with van der Waals surface area (Å²) in [6.07, 6.45) is 6.98. The van der Waals surface area contributed by atoms with Crippen molar-refractivity contribution in [2.24, 2.45) is 5.41 Å². The molecule has 7 nitrogen and oxygen atoms in total. The van der Waals surface area contributed by atoms with E-state index in [0.29, 0.717) is 55.5 Å². The Balaban J connectivity index is 1.57. The van der Waals surface area contributed by atoms with Crippen LogP contribution in [0, 0.1) is 5.41 Å². The summed E-state index contributed by atoms with van der Waals surface area (Å²) in [7, 11) is 1.60. The third kappa shape index (κ3) is 8.04. The Morgan fingerprint density at radius 3 is 2.56 bits per heavy atom. The van der Waals surface area contributed by atoms with Gasteiger partial charge >= 0.3 is 6.03 Å². The van der Waals surface area contributed by atoms with Gasteiger partial charge in [0.1, 0.15) is 5.75 Å². The number of benzene rings is 2. The largest absolute Gasteiger partial charge is 0.497 e. The molecule has 1 heterocycles. The number of methoxy groups -OCH3 is 1. The highest BCUT2D eigenvalue weighted by Crippen LogP contribution is 2.59. The summed E-state index contributed by atoms with van der Waals surface area (Å²) >= 11 is 1.68. The Morgan fingerprint density at radius 2 is 1.88 bits per heavy atom. The molecule has 0 aliphatic heterocycles. The van der Waals surface area contributed by atoms with E-state index >= 15 is 0 Å². The zero-order valence-corrected chi connectivity index (χ0v) is 29.9. The lowest BCUT2D eigenvalue weighted by atomic mass is 9.64. The van der Waals surface area contributed by atoms with Crippen LogP contribution in [0.3, 0.4) is 0 Å². The van der Waals surface area contributed by atoms with Gasteiger partial charge in [-0.2, -0.15) is 0 Å². The molecule has 8 heteroatoms. The number of nitrogens with one attached hydrogen (secondary N) is 1. The van der Waals surface area contributed by atoms with Gasteiger partial charge in [-0.05, 0) is 131 Å². The molecule has 258 valence electrons. The quantitative estimate of drug-likeness (QED) is 0.160. The molecular weight excluding hydrogens is 621 g/mol. The van der Waals surface area contributed by atoms with Crippen molar-refractivity contribution < 1.29 is 24.5 Å². The predicted molar refractivity (Wildman–Crippen MR) is 193 cm³/mol. The van der Waals surface area contributed by atoms with Gasteiger partial charge in [0, 0.05) is 34.0 Å². The van der Waals surface area contributed by atoms with Crippen molar-refractivity contribution >= 4 is 23.2 Å². The van der Waals surface area contributed by atoms with Crippen LogP contribution < -0.4 is 10.1 Å². The standard InChI is InChI=1S/C40H52N2O5S/c1-27(2)41-38(45)42(22-19-33-9-7-23-48-33)26-40(46)21-18-36-34-17-11-29(24-31(43)14-10-28(3)8-6-20-39(36,40)4)25-35(34)37(44)30-12-15-32(47-5)16-13-30/h7-9,11-13,15-17,23,25,27,31,36,43,46H,6,10,14,18-22,24,26H2,1-5H3,(H,41,45). The van der Waals surface area contributed by atoms with E-state index in [2.05, 4.69) is 37.4 Å². The number of hydrogen-bond acceptors (Lipinski definition) is 6. The number of carbonyl (C=O) groups is 2. The molecule has 2 aromatic carbocycles. The molecule has 48 heavy (non-hydrogen) atoms. The highest BCUT2D eigenvalue weighted by atomic mass is 32.1. The summed E-state index contributed by atoms with van der Waals surface area (Å²) in [6.45, 7) is 8.89. The maximum atomic E-state index is 14.3. The molecule has 3 aromatic rings. The van der Waals surface area contributed by atoms with Crippen molar-refractivity contribution in [3.63, 3.8) is 0 Å². The van der Waals surface area contributed by atoms with Gasteiger partial charge in [0.05, 0.1) is 25.4 Å². The molecule has 0 saturated heterocycles. The molecule has 4 atom stereocenters. The average Bonchev–Trinajstić information content (AvgIpc) is 3.67. The Hall–Kier alpha value is -3.46. The molecule has 4 unspecified atom stereocenters. The van der Waals surface area contributed by atoms with Crippen LogP contribution in [-0.2, 0) is 12.8 Å². The molecule has 1 saturated carbocycles. The first-order valence-corrected chi connectivity index (χ1v) is 18.3. The van der Waals surface area contributed by atoms with Gasteiger partial charge in [0.25, 0.3) is 0 Å². The van der Waals surface area contributed by atoms with Gasteiger partial charge < -0.3 is 25.2 Å². The number of fused-ring (bicyclic) bond motifs is 8. The maximum absolute atomic E-state index is 14.3. The summed E-state index contributed by atoms with van der Waals surface area (Å²) < 4.78 is 5.34. The van der Waals surface area contributed by atoms with Gasteiger partial charge in [0.2, 0.25) is 0 Å². The summed E-state index contributed by atoms with van der Waals surface area (Å²) in [5, 5.41) is 28.9. The number of rotatable bonds is 9. The van der Waals surface area contributed by atoms with E-state index in [1.54, 1.807) is 47.6 Å². The minimum absolute atomic E-state index is 0.0330. The van der Waals surface area contributed by atoms with Gasteiger partial charge in [-0.15, -0.1) is 11.3 Å². The summed E-state index contributed by atoms with van der Waals surface area (Å²) in [4.78, 5) is 30.9. The summed E-state index contributed by atoms with van der Waals surface area (Å²) in [5.41, 5.74) is 2.42. The van der Waals surface area contributed by atoms with Crippen LogP contribution >= 0.6 is 11.3 Å². The Bertz CT molecular complexity index is 1580. The second-order valence-electron chi connectivity index (χ2n) is 14.4. The molecule has 2 amide bonds. The van der Waals surface area contributed by atoms with E-state index in [0.717, 1.165) is 30.4 Å². The van der Waals surface area contributed by atoms with Crippen molar-refractivity contribution in [3.05, 3.63) is 98.8 Å². The first kappa shape index (κ1) is 35.8. The number of ketones is 1. The molecule has 3 aliphatic carbocycles. The SMILES string of the molecule is COc1ccc(C(=O)c2cc3ccc2C2CCC(O)(CN(CCc4cccs4)C(=O)NC(C)C)C2(C)CCC=C(C)CCC(O)C3)cc1. The molecule has 1 aromatic heterocycles. The number of amides is 2. The van der Waals surface area contributed by atoms with Crippen LogP contribution in [-0.4, -0.2) is 64.9 Å². The van der Waals surface area contributed by atoms with Gasteiger partial charge in [0.15, 0.2) is 5.78 Å². The Kier molecular flexibility index (Phi) is 11.5. The molecule has 6 rings (SSSR count). The number of aliphatic hydroxyl groups is 2. The van der Waals surface area contributed by atoms with Crippen LogP contribution in [0.4, 0.5) is 4.79 Å². The predicted octanol–water partition coefficient (Wildman–Crippen LogP) is 7.69. The highest BCUT2D eigenvalue weighted by molar-refractivity contribution is 7.09. The number of thiophene rings is 1. The highest BCUT2D eigenvalue weighted by Gasteiger charge is 2.57. The van der Waals surface area contributed by atoms with Crippen LogP contribution in [0.15, 0.2) is 71.6 Å². The minimum atomic E-state index is -1.18. The van der Waals surface area contributed by atoms with Crippen molar-refractivity contribution in [3.8, 4) is 5.75 Å². The second kappa shape index (κ2) is 15.4. The third-order valence-corrected chi connectivity index (χ3v) is 11.6. The fourth-order valence-electron chi connectivity index (χ4n) is 7.70. The van der Waals surface area contributed by atoms with Crippen LogP contribution in [0.2, 0.25) is 0 Å². The van der Waals surface area contributed by atoms with Gasteiger partial charge in [-0.25, -0.2) is 4.79 Å². The molecular formula is C40H52N2O5S. The molecule has 3 aliphatic rings. The van der Waals surface area contributed by atoms with Crippen molar-refractivity contribution in [2.75, 3.05) is 20.2 Å². The second-order valence-corrected chi connectivity index (χ2v) is 15.4. The molecule has 3 N–H and O–H groups in total. The number of hydrogen-bond donors (Lipinski definition) is 3. The first-order chi connectivity index (χ1) is 22.9. The van der Waals surface area contributed by atoms with Crippen LogP contribution in [0.5, 0.6) is 5.75 Å². The third-order valence-electron chi connectivity index (χ3n) is 10.6. The van der Waals surface area contributed by atoms with E-state index in [4.69, 9.17) is 4.74 Å². The summed E-state index contributed by atoms with van der Waals surface area (Å²) in [6, 6.07) is 17.1. The lowest BCUT2D eigenvalue weighted by Gasteiger charge is -2.46. The zero-order chi connectivity index (χ0) is 34.5. The zero-order valence-electron chi connectivity index (χ0n) is 29.1. The van der Waals surface area contributed by atoms with E-state index in [9.17, 15) is 19.8 Å². The van der Waals surface area contributed by atoms with Crippen molar-refractivity contribution in [1.29, 1.82) is 0 Å². The molecule has 1 fully saturated rings. The molecule has 0 radical (unpaired) electrons. The number of urea groups is 1. The fraction of sp³-hybridized carbons (Fsp3) is 0.500. The number of allylic oxidation sites excluding steroid dienone is 2.